The number of methoxy groups -OCH3 is 1. The third kappa shape index (κ3) is 8.18. The summed E-state index contributed by atoms with van der Waals surface area (Å²) in [5.74, 6) is -0.776. The maximum atomic E-state index is 11.8. The van der Waals surface area contributed by atoms with Gasteiger partial charge in [-0.3, -0.25) is 14.4 Å². The summed E-state index contributed by atoms with van der Waals surface area (Å²) in [4.78, 5) is 34.3. The number of hydrogen-bond donors (Lipinski definition) is 3. The van der Waals surface area contributed by atoms with Crippen LogP contribution in [-0.2, 0) is 14.3 Å². The SMILES string of the molecule is COC(=O)CCNC(=O)c1ccc(NC(=O)CCCN)cc1.Cl. The third-order valence-corrected chi connectivity index (χ3v) is 2.88. The van der Waals surface area contributed by atoms with Crippen LogP contribution in [0.1, 0.15) is 29.6 Å². The van der Waals surface area contributed by atoms with Crippen LogP contribution in [0, 0.1) is 0 Å². The first-order valence-electron chi connectivity index (χ1n) is 7.02. The first kappa shape index (κ1) is 20.9. The summed E-state index contributed by atoms with van der Waals surface area (Å²) in [5.41, 5.74) is 6.41. The van der Waals surface area contributed by atoms with Crippen LogP contribution in [0.15, 0.2) is 24.3 Å². The molecule has 0 aromatic heterocycles. The van der Waals surface area contributed by atoms with Crippen LogP contribution in [0.5, 0.6) is 0 Å². The fourth-order valence-electron chi connectivity index (χ4n) is 1.67. The van der Waals surface area contributed by atoms with Crippen molar-refractivity contribution >= 4 is 35.9 Å². The first-order valence-corrected chi connectivity index (χ1v) is 7.02. The molecule has 0 saturated heterocycles. The Hall–Kier alpha value is -2.12. The summed E-state index contributed by atoms with van der Waals surface area (Å²) in [7, 11) is 1.30. The Balaban J connectivity index is 0.00000484. The van der Waals surface area contributed by atoms with Crippen molar-refractivity contribution < 1.29 is 19.1 Å². The number of carbonyl (C=O) groups is 3. The molecular formula is C15H22ClN3O4. The normalized spacial score (nSPS) is 9.48. The standard InChI is InChI=1S/C15H21N3O4.ClH/c1-22-14(20)8-10-17-15(21)11-4-6-12(7-5-11)18-13(19)3-2-9-16;/h4-7H,2-3,8-10,16H2,1H3,(H,17,21)(H,18,19);1H. The zero-order valence-electron chi connectivity index (χ0n) is 13.0. The largest absolute Gasteiger partial charge is 0.469 e. The average molecular weight is 344 g/mol. The van der Waals surface area contributed by atoms with E-state index in [1.165, 1.54) is 7.11 Å². The summed E-state index contributed by atoms with van der Waals surface area (Å²) in [6.45, 7) is 0.682. The van der Waals surface area contributed by atoms with Crippen molar-refractivity contribution in [1.29, 1.82) is 0 Å². The molecule has 0 unspecified atom stereocenters. The number of nitrogens with one attached hydrogen (secondary N) is 2. The van der Waals surface area contributed by atoms with Gasteiger partial charge in [0.15, 0.2) is 0 Å². The maximum Gasteiger partial charge on any atom is 0.307 e. The summed E-state index contributed by atoms with van der Waals surface area (Å²) in [6.07, 6.45) is 1.12. The minimum Gasteiger partial charge on any atom is -0.469 e. The lowest BCUT2D eigenvalue weighted by Crippen LogP contribution is -2.26. The minimum atomic E-state index is -0.379. The molecule has 1 aromatic carbocycles. The zero-order chi connectivity index (χ0) is 16.4. The molecular weight excluding hydrogens is 322 g/mol. The van der Waals surface area contributed by atoms with Gasteiger partial charge < -0.3 is 21.1 Å². The van der Waals surface area contributed by atoms with Gasteiger partial charge in [-0.25, -0.2) is 0 Å². The van der Waals surface area contributed by atoms with Gasteiger partial charge >= 0.3 is 5.97 Å². The second-order valence-electron chi connectivity index (χ2n) is 4.60. The van der Waals surface area contributed by atoms with Crippen LogP contribution in [0.4, 0.5) is 5.69 Å². The number of anilines is 1. The minimum absolute atomic E-state index is 0. The van der Waals surface area contributed by atoms with Crippen molar-refractivity contribution in [2.75, 3.05) is 25.5 Å². The molecule has 0 atom stereocenters. The van der Waals surface area contributed by atoms with E-state index < -0.39 is 0 Å². The molecule has 0 heterocycles. The van der Waals surface area contributed by atoms with Crippen molar-refractivity contribution in [2.24, 2.45) is 5.73 Å². The Morgan fingerprint density at radius 2 is 1.78 bits per heavy atom. The van der Waals surface area contributed by atoms with Gasteiger partial charge in [-0.15, -0.1) is 12.4 Å². The molecule has 0 spiro atoms. The van der Waals surface area contributed by atoms with Crippen LogP contribution in [0.25, 0.3) is 0 Å². The van der Waals surface area contributed by atoms with Gasteiger partial charge in [0.1, 0.15) is 0 Å². The van der Waals surface area contributed by atoms with E-state index in [1.54, 1.807) is 24.3 Å². The fraction of sp³-hybridized carbons (Fsp3) is 0.400. The Bertz CT molecular complexity index is 520. The van der Waals surface area contributed by atoms with Crippen molar-refractivity contribution in [1.82, 2.24) is 5.32 Å². The van der Waals surface area contributed by atoms with E-state index in [-0.39, 0.29) is 43.2 Å². The lowest BCUT2D eigenvalue weighted by Gasteiger charge is -2.07. The Labute approximate surface area is 141 Å². The van der Waals surface area contributed by atoms with Gasteiger partial charge in [0.2, 0.25) is 5.91 Å². The van der Waals surface area contributed by atoms with Crippen molar-refractivity contribution in [3.8, 4) is 0 Å². The second kappa shape index (κ2) is 11.4. The zero-order valence-corrected chi connectivity index (χ0v) is 13.8. The predicted octanol–water partition coefficient (Wildman–Crippen LogP) is 1.08. The number of carbonyl (C=O) groups excluding carboxylic acids is 3. The van der Waals surface area contributed by atoms with Crippen LogP contribution >= 0.6 is 12.4 Å². The summed E-state index contributed by atoms with van der Waals surface area (Å²) < 4.78 is 4.48. The number of rotatable bonds is 8. The highest BCUT2D eigenvalue weighted by molar-refractivity contribution is 5.95. The topological polar surface area (TPSA) is 111 Å². The number of hydrogen-bond acceptors (Lipinski definition) is 5. The lowest BCUT2D eigenvalue weighted by atomic mass is 10.2. The second-order valence-corrected chi connectivity index (χ2v) is 4.60. The molecule has 128 valence electrons. The molecule has 0 fully saturated rings. The Morgan fingerprint density at radius 3 is 2.35 bits per heavy atom. The van der Waals surface area contributed by atoms with Crippen molar-refractivity contribution in [3.63, 3.8) is 0 Å². The van der Waals surface area contributed by atoms with Crippen LogP contribution in [-0.4, -0.2) is 38.0 Å². The molecule has 1 rings (SSSR count). The van der Waals surface area contributed by atoms with Gasteiger partial charge in [-0.2, -0.15) is 0 Å². The Morgan fingerprint density at radius 1 is 1.13 bits per heavy atom. The van der Waals surface area contributed by atoms with E-state index in [4.69, 9.17) is 5.73 Å². The third-order valence-electron chi connectivity index (χ3n) is 2.88. The highest BCUT2D eigenvalue weighted by atomic mass is 35.5. The number of amides is 2. The van der Waals surface area contributed by atoms with Crippen LogP contribution < -0.4 is 16.4 Å². The number of esters is 1. The van der Waals surface area contributed by atoms with Gasteiger partial charge in [-0.05, 0) is 37.2 Å². The monoisotopic (exact) mass is 343 g/mol. The van der Waals surface area contributed by atoms with Gasteiger partial charge in [0.25, 0.3) is 5.91 Å². The van der Waals surface area contributed by atoms with Gasteiger partial charge in [-0.1, -0.05) is 0 Å². The highest BCUT2D eigenvalue weighted by Gasteiger charge is 2.07. The average Bonchev–Trinajstić information content (AvgIpc) is 2.53. The highest BCUT2D eigenvalue weighted by Crippen LogP contribution is 2.10. The van der Waals surface area contributed by atoms with Gasteiger partial charge in [0.05, 0.1) is 13.5 Å². The van der Waals surface area contributed by atoms with E-state index in [0.29, 0.717) is 30.6 Å². The van der Waals surface area contributed by atoms with Crippen LogP contribution in [0.3, 0.4) is 0 Å². The molecule has 23 heavy (non-hydrogen) atoms. The number of ether oxygens (including phenoxy) is 1. The molecule has 0 aliphatic heterocycles. The number of benzene rings is 1. The number of nitrogens with two attached hydrogens (primary N) is 1. The lowest BCUT2D eigenvalue weighted by molar-refractivity contribution is -0.140. The fourth-order valence-corrected chi connectivity index (χ4v) is 1.67. The molecule has 0 saturated carbocycles. The van der Waals surface area contributed by atoms with Gasteiger partial charge in [0, 0.05) is 24.2 Å². The molecule has 8 heteroatoms. The summed E-state index contributed by atoms with van der Waals surface area (Å²) in [6, 6.07) is 6.50. The molecule has 0 bridgehead atoms. The Kier molecular flexibility index (Phi) is 10.4. The predicted molar refractivity (Wildman–Crippen MR) is 89.6 cm³/mol. The molecule has 7 nitrogen and oxygen atoms in total. The quantitative estimate of drug-likeness (QED) is 0.612. The van der Waals surface area contributed by atoms with E-state index in [0.717, 1.165) is 0 Å². The van der Waals surface area contributed by atoms with E-state index in [9.17, 15) is 14.4 Å². The van der Waals surface area contributed by atoms with E-state index in [2.05, 4.69) is 15.4 Å². The molecule has 1 aromatic rings. The molecule has 0 aliphatic rings. The van der Waals surface area contributed by atoms with Crippen molar-refractivity contribution in [3.05, 3.63) is 29.8 Å². The maximum absolute atomic E-state index is 11.8. The molecule has 0 radical (unpaired) electrons. The van der Waals surface area contributed by atoms with E-state index >= 15 is 0 Å². The first-order chi connectivity index (χ1) is 10.6. The molecule has 4 N–H and O–H groups in total. The van der Waals surface area contributed by atoms with E-state index in [1.807, 2.05) is 0 Å². The van der Waals surface area contributed by atoms with Crippen molar-refractivity contribution in [2.45, 2.75) is 19.3 Å². The summed E-state index contributed by atoms with van der Waals surface area (Å²) in [5, 5.41) is 5.33. The van der Waals surface area contributed by atoms with Crippen LogP contribution in [0.2, 0.25) is 0 Å². The molecule has 0 aliphatic carbocycles. The smallest absolute Gasteiger partial charge is 0.307 e. The summed E-state index contributed by atoms with van der Waals surface area (Å²) >= 11 is 0. The molecule has 2 amide bonds. The number of halogens is 1.